The molecule has 4 rings (SSSR count). The Balaban J connectivity index is 1.43. The van der Waals surface area contributed by atoms with Crippen LogP contribution in [0.2, 0.25) is 0 Å². The van der Waals surface area contributed by atoms with Crippen molar-refractivity contribution in [2.24, 2.45) is 34.2 Å². The molecule has 212 valence electrons. The summed E-state index contributed by atoms with van der Waals surface area (Å²) in [4.78, 5) is 17.6. The highest BCUT2D eigenvalue weighted by atomic mass is 32.2. The van der Waals surface area contributed by atoms with Gasteiger partial charge in [-0.25, -0.2) is 13.4 Å². The maximum absolute atomic E-state index is 12.8. The molecule has 3 saturated carbocycles. The maximum Gasteiger partial charge on any atom is 0.501 e. The molecule has 0 aliphatic heterocycles. The van der Waals surface area contributed by atoms with Gasteiger partial charge in [0.1, 0.15) is 5.84 Å². The number of alkyl halides is 3. The zero-order valence-corrected chi connectivity index (χ0v) is 22.4. The van der Waals surface area contributed by atoms with E-state index in [0.29, 0.717) is 24.9 Å². The number of nitrogens with zero attached hydrogens (tertiary/aromatic N) is 3. The number of amides is 1. The summed E-state index contributed by atoms with van der Waals surface area (Å²) in [6.07, 6.45) is 8.77. The molecular weight excluding hydrogens is 533 g/mol. The van der Waals surface area contributed by atoms with Crippen molar-refractivity contribution >= 4 is 27.3 Å². The van der Waals surface area contributed by atoms with Crippen molar-refractivity contribution in [2.75, 3.05) is 7.05 Å². The van der Waals surface area contributed by atoms with Gasteiger partial charge in [-0.3, -0.25) is 9.69 Å². The van der Waals surface area contributed by atoms with Crippen LogP contribution in [0.15, 0.2) is 45.9 Å². The Bertz CT molecular complexity index is 1270. The highest BCUT2D eigenvalue weighted by Gasteiger charge is 2.47. The average molecular weight is 567 g/mol. The summed E-state index contributed by atoms with van der Waals surface area (Å²) < 4.78 is 61.3. The van der Waals surface area contributed by atoms with E-state index in [1.807, 2.05) is 0 Å². The number of benzene rings is 1. The van der Waals surface area contributed by atoms with E-state index in [1.165, 1.54) is 31.9 Å². The van der Waals surface area contributed by atoms with Crippen LogP contribution in [0.5, 0.6) is 0 Å². The lowest BCUT2D eigenvalue weighted by Gasteiger charge is -2.41. The molecule has 1 aromatic carbocycles. The molecule has 3 aliphatic carbocycles. The number of nitrogens with one attached hydrogen (secondary N) is 1. The molecule has 0 spiro atoms. The van der Waals surface area contributed by atoms with Crippen molar-refractivity contribution < 1.29 is 26.4 Å². The Hall–Kier alpha value is -3.11. The first-order chi connectivity index (χ1) is 18.3. The largest absolute Gasteiger partial charge is 0.501 e. The number of nitrogens with two attached hydrogens (primary N) is 2. The summed E-state index contributed by atoms with van der Waals surface area (Å²) >= 11 is 0. The van der Waals surface area contributed by atoms with Gasteiger partial charge < -0.3 is 16.8 Å². The molecule has 3 aliphatic rings. The molecule has 0 radical (unpaired) electrons. The summed E-state index contributed by atoms with van der Waals surface area (Å²) in [5, 5.41) is 13.0. The zero-order valence-electron chi connectivity index (χ0n) is 21.6. The molecule has 3 atom stereocenters. The lowest BCUT2D eigenvalue weighted by molar-refractivity contribution is -0.114. The average Bonchev–Trinajstić information content (AvgIpc) is 3.80. The molecule has 0 aromatic heterocycles. The van der Waals surface area contributed by atoms with Gasteiger partial charge in [-0.05, 0) is 88.1 Å². The van der Waals surface area contributed by atoms with Crippen LogP contribution in [0.3, 0.4) is 0 Å². The van der Waals surface area contributed by atoms with Crippen LogP contribution in [-0.2, 0) is 14.6 Å². The Morgan fingerprint density at radius 3 is 2.21 bits per heavy atom. The van der Waals surface area contributed by atoms with Crippen LogP contribution in [0.25, 0.3) is 0 Å². The molecule has 13 heteroatoms. The first kappa shape index (κ1) is 28.9. The van der Waals surface area contributed by atoms with Crippen LogP contribution in [-0.4, -0.2) is 55.7 Å². The molecule has 3 fully saturated rings. The Labute approximate surface area is 226 Å². The third-order valence-corrected chi connectivity index (χ3v) is 9.43. The van der Waals surface area contributed by atoms with Crippen LogP contribution >= 0.6 is 0 Å². The number of halogens is 3. The lowest BCUT2D eigenvalue weighted by atomic mass is 9.81. The second-order valence-electron chi connectivity index (χ2n) is 10.7. The van der Waals surface area contributed by atoms with E-state index in [4.69, 9.17) is 11.5 Å². The Kier molecular flexibility index (Phi) is 8.28. The van der Waals surface area contributed by atoms with Gasteiger partial charge in [0.15, 0.2) is 0 Å². The molecule has 0 heterocycles. The number of aliphatic imine (C=N–C) groups is 1. The van der Waals surface area contributed by atoms with Crippen molar-refractivity contribution in [1.82, 2.24) is 10.2 Å². The number of amidine groups is 1. The molecule has 1 amide bonds. The summed E-state index contributed by atoms with van der Waals surface area (Å²) in [5.74, 6) is 0.0514. The van der Waals surface area contributed by atoms with Gasteiger partial charge in [-0.2, -0.15) is 18.4 Å². The third kappa shape index (κ3) is 6.55. The molecule has 0 saturated heterocycles. The standard InChI is InChI=1S/C26H33F3N6O3S/c1-35(23(15-2-3-15)16-4-5-16)19-8-11-22(17(12-19)13-30)33-14-21(25(32)36)24(31)34-18-6-9-20(10-7-18)39(37,38)26(27,28)29/h6-7,9-10,14-17,19,22-23,33H,2-5,8,11-12H2,1H3,(H2,31,34)(H2,32,36)/b21-14+/t17-,19-,22+/m1/s1. The van der Waals surface area contributed by atoms with E-state index in [9.17, 15) is 31.6 Å². The van der Waals surface area contributed by atoms with Crippen molar-refractivity contribution in [1.29, 1.82) is 5.26 Å². The predicted octanol–water partition coefficient (Wildman–Crippen LogP) is 3.11. The highest BCUT2D eigenvalue weighted by Crippen LogP contribution is 2.48. The number of carbonyl (C=O) groups excluding carboxylic acids is 1. The SMILES string of the molecule is CN(C(C1CC1)C1CC1)[C@@H]1CC[C@H](N/C=C(/C(N)=O)C(N)=Nc2ccc(S(=O)(=O)C(F)(F)F)cc2)[C@@H](C#N)C1. The quantitative estimate of drug-likeness (QED) is 0.223. The molecule has 5 N–H and O–H groups in total. The maximum atomic E-state index is 12.8. The molecule has 0 bridgehead atoms. The van der Waals surface area contributed by atoms with Crippen LogP contribution in [0, 0.1) is 29.1 Å². The fourth-order valence-corrected chi connectivity index (χ4v) is 6.29. The van der Waals surface area contributed by atoms with Gasteiger partial charge >= 0.3 is 5.51 Å². The minimum Gasteiger partial charge on any atom is -0.386 e. The van der Waals surface area contributed by atoms with Gasteiger partial charge in [0.25, 0.3) is 15.7 Å². The fourth-order valence-electron chi connectivity index (χ4n) is 5.52. The van der Waals surface area contributed by atoms with Crippen LogP contribution in [0.4, 0.5) is 18.9 Å². The van der Waals surface area contributed by atoms with E-state index < -0.39 is 26.1 Å². The van der Waals surface area contributed by atoms with Crippen LogP contribution in [0.1, 0.15) is 44.9 Å². The Morgan fingerprint density at radius 1 is 1.13 bits per heavy atom. The van der Waals surface area contributed by atoms with E-state index in [2.05, 4.69) is 28.3 Å². The Morgan fingerprint density at radius 2 is 1.72 bits per heavy atom. The number of hydrogen-bond acceptors (Lipinski definition) is 7. The van der Waals surface area contributed by atoms with Crippen molar-refractivity contribution in [3.63, 3.8) is 0 Å². The van der Waals surface area contributed by atoms with Gasteiger partial charge in [0, 0.05) is 24.3 Å². The molecule has 39 heavy (non-hydrogen) atoms. The van der Waals surface area contributed by atoms with Gasteiger partial charge in [-0.1, -0.05) is 0 Å². The molecule has 0 unspecified atom stereocenters. The molecule has 1 aromatic rings. The van der Waals surface area contributed by atoms with E-state index in [0.717, 1.165) is 42.5 Å². The summed E-state index contributed by atoms with van der Waals surface area (Å²) in [5.41, 5.74) is 5.87. The predicted molar refractivity (Wildman–Crippen MR) is 139 cm³/mol. The van der Waals surface area contributed by atoms with Gasteiger partial charge in [0.05, 0.1) is 28.1 Å². The van der Waals surface area contributed by atoms with E-state index in [1.54, 1.807) is 0 Å². The topological polar surface area (TPSA) is 155 Å². The monoisotopic (exact) mass is 566 g/mol. The second-order valence-corrected chi connectivity index (χ2v) is 12.6. The van der Waals surface area contributed by atoms with Crippen LogP contribution < -0.4 is 16.8 Å². The van der Waals surface area contributed by atoms with Gasteiger partial charge in [-0.15, -0.1) is 0 Å². The minimum atomic E-state index is -5.50. The first-order valence-corrected chi connectivity index (χ1v) is 14.4. The van der Waals surface area contributed by atoms with E-state index >= 15 is 0 Å². The van der Waals surface area contributed by atoms with Crippen molar-refractivity contribution in [2.45, 2.75) is 73.5 Å². The number of hydrogen-bond donors (Lipinski definition) is 3. The van der Waals surface area contributed by atoms with E-state index in [-0.39, 0.29) is 29.1 Å². The first-order valence-electron chi connectivity index (χ1n) is 13.0. The fraction of sp³-hybridized carbons (Fsp3) is 0.577. The van der Waals surface area contributed by atoms with Crippen molar-refractivity contribution in [3.05, 3.63) is 36.0 Å². The summed E-state index contributed by atoms with van der Waals surface area (Å²) in [7, 11) is -3.32. The summed E-state index contributed by atoms with van der Waals surface area (Å²) in [6.45, 7) is 0. The van der Waals surface area contributed by atoms with Gasteiger partial charge in [0.2, 0.25) is 0 Å². The number of sulfone groups is 1. The third-order valence-electron chi connectivity index (χ3n) is 7.93. The normalized spacial score (nSPS) is 25.0. The van der Waals surface area contributed by atoms with Crippen molar-refractivity contribution in [3.8, 4) is 6.07 Å². The molecule has 9 nitrogen and oxygen atoms in total. The number of rotatable bonds is 10. The highest BCUT2D eigenvalue weighted by molar-refractivity contribution is 7.92. The smallest absolute Gasteiger partial charge is 0.386 e. The summed E-state index contributed by atoms with van der Waals surface area (Å²) in [6, 6.07) is 6.66. The minimum absolute atomic E-state index is 0.0279. The number of nitriles is 1. The number of carbonyl (C=O) groups is 1. The second kappa shape index (κ2) is 11.2. The number of primary amides is 1. The lowest BCUT2D eigenvalue weighted by Crippen LogP contribution is -2.49. The zero-order chi connectivity index (χ0) is 28.5. The molecular formula is C26H33F3N6O3S.